The molecule has 0 bridgehead atoms. The molecule has 0 radical (unpaired) electrons. The molecule has 3 heterocycles. The molecule has 1 aliphatic rings. The molecule has 1 saturated heterocycles. The third-order valence-corrected chi connectivity index (χ3v) is 7.00. The first kappa shape index (κ1) is 18.8. The van der Waals surface area contributed by atoms with Crippen molar-refractivity contribution in [3.63, 3.8) is 0 Å². The number of hydrogen-bond donors (Lipinski definition) is 0. The number of nitrogens with zero attached hydrogens (tertiary/aromatic N) is 5. The van der Waals surface area contributed by atoms with Crippen LogP contribution in [-0.4, -0.2) is 27.9 Å². The Labute approximate surface area is 180 Å². The lowest BCUT2D eigenvalue weighted by atomic mass is 10.00. The lowest BCUT2D eigenvalue weighted by molar-refractivity contribution is 0.438. The number of thiazole rings is 1. The van der Waals surface area contributed by atoms with E-state index in [0.29, 0.717) is 5.56 Å². The normalized spacial score (nSPS) is 14.9. The standard InChI is InChI=1S/C24H23N5S/c1-16-9-11-29(12-10-16)24-26-22(18-5-3-17(14-25)4-6-18)23(30-24)19-7-8-21-20(13-19)15-28(2)27-21/h3-8,13,15-16H,9-12H2,1-2H3. The second-order valence-corrected chi connectivity index (χ2v) is 9.09. The monoisotopic (exact) mass is 413 g/mol. The summed E-state index contributed by atoms with van der Waals surface area (Å²) in [6, 6.07) is 16.4. The molecule has 6 heteroatoms. The second kappa shape index (κ2) is 7.58. The largest absolute Gasteiger partial charge is 0.348 e. The van der Waals surface area contributed by atoms with E-state index in [-0.39, 0.29) is 0 Å². The first-order chi connectivity index (χ1) is 14.6. The van der Waals surface area contributed by atoms with Gasteiger partial charge in [0.15, 0.2) is 5.13 Å². The quantitative estimate of drug-likeness (QED) is 0.447. The Morgan fingerprint density at radius 1 is 1.07 bits per heavy atom. The Morgan fingerprint density at radius 2 is 1.80 bits per heavy atom. The number of hydrogen-bond acceptors (Lipinski definition) is 5. The highest BCUT2D eigenvalue weighted by atomic mass is 32.1. The van der Waals surface area contributed by atoms with E-state index in [9.17, 15) is 0 Å². The summed E-state index contributed by atoms with van der Waals surface area (Å²) in [5.41, 5.74) is 4.85. The number of aromatic nitrogens is 3. The molecule has 5 rings (SSSR count). The van der Waals surface area contributed by atoms with Crippen LogP contribution >= 0.6 is 11.3 Å². The first-order valence-electron chi connectivity index (χ1n) is 10.3. The molecular weight excluding hydrogens is 390 g/mol. The van der Waals surface area contributed by atoms with Gasteiger partial charge in [-0.2, -0.15) is 10.4 Å². The van der Waals surface area contributed by atoms with Crippen LogP contribution in [0.1, 0.15) is 25.3 Å². The van der Waals surface area contributed by atoms with Gasteiger partial charge in [-0.1, -0.05) is 36.5 Å². The van der Waals surface area contributed by atoms with Crippen LogP contribution in [0, 0.1) is 17.2 Å². The number of rotatable bonds is 3. The van der Waals surface area contributed by atoms with Crippen molar-refractivity contribution in [2.45, 2.75) is 19.8 Å². The first-order valence-corrected chi connectivity index (χ1v) is 11.1. The molecule has 2 aromatic carbocycles. The molecule has 30 heavy (non-hydrogen) atoms. The van der Waals surface area contributed by atoms with Gasteiger partial charge in [-0.15, -0.1) is 0 Å². The highest BCUT2D eigenvalue weighted by molar-refractivity contribution is 7.19. The molecule has 5 nitrogen and oxygen atoms in total. The van der Waals surface area contributed by atoms with E-state index in [1.165, 1.54) is 17.7 Å². The zero-order valence-electron chi connectivity index (χ0n) is 17.2. The molecule has 1 aliphatic heterocycles. The number of benzene rings is 2. The summed E-state index contributed by atoms with van der Waals surface area (Å²) in [5.74, 6) is 0.784. The molecule has 0 N–H and O–H groups in total. The topological polar surface area (TPSA) is 57.7 Å². The highest BCUT2D eigenvalue weighted by Crippen LogP contribution is 2.42. The summed E-state index contributed by atoms with van der Waals surface area (Å²) >= 11 is 1.76. The summed E-state index contributed by atoms with van der Waals surface area (Å²) in [6.45, 7) is 4.45. The highest BCUT2D eigenvalue weighted by Gasteiger charge is 2.22. The van der Waals surface area contributed by atoms with Crippen LogP contribution in [0.5, 0.6) is 0 Å². The second-order valence-electron chi connectivity index (χ2n) is 8.11. The van der Waals surface area contributed by atoms with E-state index in [0.717, 1.165) is 51.9 Å². The van der Waals surface area contributed by atoms with Crippen molar-refractivity contribution in [1.82, 2.24) is 14.8 Å². The third-order valence-electron chi connectivity index (χ3n) is 5.84. The summed E-state index contributed by atoms with van der Waals surface area (Å²) in [4.78, 5) is 8.67. The maximum atomic E-state index is 9.15. The minimum absolute atomic E-state index is 0.664. The van der Waals surface area contributed by atoms with Crippen LogP contribution in [0.3, 0.4) is 0 Å². The predicted molar refractivity (Wildman–Crippen MR) is 123 cm³/mol. The maximum Gasteiger partial charge on any atom is 0.186 e. The van der Waals surface area contributed by atoms with Gasteiger partial charge < -0.3 is 4.90 Å². The minimum Gasteiger partial charge on any atom is -0.348 e. The van der Waals surface area contributed by atoms with Gasteiger partial charge in [-0.05, 0) is 48.6 Å². The van der Waals surface area contributed by atoms with Crippen molar-refractivity contribution in [1.29, 1.82) is 5.26 Å². The van der Waals surface area contributed by atoms with E-state index in [1.807, 2.05) is 42.2 Å². The van der Waals surface area contributed by atoms with Crippen LogP contribution in [0.25, 0.3) is 32.6 Å². The van der Waals surface area contributed by atoms with Crippen LogP contribution in [0.4, 0.5) is 5.13 Å². The Bertz CT molecular complexity index is 1240. The van der Waals surface area contributed by atoms with Crippen molar-refractivity contribution in [3.8, 4) is 27.8 Å². The fourth-order valence-electron chi connectivity index (χ4n) is 4.03. The number of piperidine rings is 1. The Balaban J connectivity index is 1.61. The van der Waals surface area contributed by atoms with Gasteiger partial charge in [0.05, 0.1) is 27.7 Å². The molecule has 1 fully saturated rings. The lowest BCUT2D eigenvalue weighted by Gasteiger charge is -2.29. The Morgan fingerprint density at radius 3 is 2.53 bits per heavy atom. The van der Waals surface area contributed by atoms with Gasteiger partial charge in [-0.3, -0.25) is 4.68 Å². The number of anilines is 1. The summed E-state index contributed by atoms with van der Waals surface area (Å²) < 4.78 is 1.85. The summed E-state index contributed by atoms with van der Waals surface area (Å²) in [5, 5.41) is 15.9. The van der Waals surface area contributed by atoms with Crippen LogP contribution in [-0.2, 0) is 7.05 Å². The van der Waals surface area contributed by atoms with Crippen molar-refractivity contribution >= 4 is 27.4 Å². The van der Waals surface area contributed by atoms with Gasteiger partial charge in [0.2, 0.25) is 0 Å². The van der Waals surface area contributed by atoms with E-state index in [2.05, 4.69) is 41.2 Å². The van der Waals surface area contributed by atoms with Crippen LogP contribution in [0.15, 0.2) is 48.7 Å². The van der Waals surface area contributed by atoms with Gasteiger partial charge >= 0.3 is 0 Å². The zero-order chi connectivity index (χ0) is 20.7. The molecule has 0 amide bonds. The van der Waals surface area contributed by atoms with E-state index >= 15 is 0 Å². The SMILES string of the molecule is CC1CCN(c2nc(-c3ccc(C#N)cc3)c(-c3ccc4nn(C)cc4c3)s2)CC1. The molecule has 0 saturated carbocycles. The van der Waals surface area contributed by atoms with Crippen molar-refractivity contribution < 1.29 is 0 Å². The molecule has 4 aromatic rings. The van der Waals surface area contributed by atoms with E-state index in [1.54, 1.807) is 11.3 Å². The van der Waals surface area contributed by atoms with Crippen LogP contribution < -0.4 is 4.90 Å². The fraction of sp³-hybridized carbons (Fsp3) is 0.292. The van der Waals surface area contributed by atoms with Gasteiger partial charge in [0.25, 0.3) is 0 Å². The molecule has 150 valence electrons. The predicted octanol–water partition coefficient (Wildman–Crippen LogP) is 5.47. The average Bonchev–Trinajstić information content (AvgIpc) is 3.37. The minimum atomic E-state index is 0.664. The summed E-state index contributed by atoms with van der Waals surface area (Å²) in [6.07, 6.45) is 4.47. The van der Waals surface area contributed by atoms with Gasteiger partial charge in [-0.25, -0.2) is 4.98 Å². The van der Waals surface area contributed by atoms with Gasteiger partial charge in [0, 0.05) is 37.3 Å². The zero-order valence-corrected chi connectivity index (χ0v) is 18.0. The Hall–Kier alpha value is -3.17. The van der Waals surface area contributed by atoms with Crippen LogP contribution in [0.2, 0.25) is 0 Å². The Kier molecular flexibility index (Phi) is 4.76. The lowest BCUT2D eigenvalue weighted by Crippen LogP contribution is -2.32. The fourth-order valence-corrected chi connectivity index (χ4v) is 5.16. The summed E-state index contributed by atoms with van der Waals surface area (Å²) in [7, 11) is 1.95. The average molecular weight is 414 g/mol. The number of nitriles is 1. The van der Waals surface area contributed by atoms with E-state index < -0.39 is 0 Å². The molecule has 0 spiro atoms. The molecular formula is C24H23N5S. The molecule has 0 atom stereocenters. The van der Waals surface area contributed by atoms with Crippen molar-refractivity contribution in [2.75, 3.05) is 18.0 Å². The van der Waals surface area contributed by atoms with E-state index in [4.69, 9.17) is 10.2 Å². The molecule has 0 aliphatic carbocycles. The van der Waals surface area contributed by atoms with Crippen molar-refractivity contribution in [2.24, 2.45) is 13.0 Å². The molecule has 2 aromatic heterocycles. The third kappa shape index (κ3) is 3.46. The number of aryl methyl sites for hydroxylation is 1. The van der Waals surface area contributed by atoms with Crippen molar-refractivity contribution in [3.05, 3.63) is 54.2 Å². The number of fused-ring (bicyclic) bond motifs is 1. The maximum absolute atomic E-state index is 9.15. The van der Waals surface area contributed by atoms with Gasteiger partial charge in [0.1, 0.15) is 0 Å². The smallest absolute Gasteiger partial charge is 0.186 e. The molecule has 0 unspecified atom stereocenters.